The second-order valence-electron chi connectivity index (χ2n) is 17.9. The SMILES string of the molecule is CO/N=C1\CN(C(=O)C[C@H]2CCCCC/C=C\[C@@H]3C[C@@]3(C(=O)NS(=O)(=O)C3CC3)NC(=O)[C@@H]3C[C@@H](Oc4cc(-c5ccccc5)nc5cc(OC)ccc45)CN3C2=O)CC1(C)CN. The first-order valence-corrected chi connectivity index (χ1v) is 23.5. The molecule has 3 aromatic rings. The molecule has 0 spiro atoms. The number of allylic oxidation sites excluding steroid dienone is 1. The second-order valence-corrected chi connectivity index (χ2v) is 19.8. The highest BCUT2D eigenvalue weighted by molar-refractivity contribution is 7.91. The first-order valence-electron chi connectivity index (χ1n) is 21.9. The number of carbonyl (C=O) groups excluding carboxylic acids is 4. The lowest BCUT2D eigenvalue weighted by atomic mass is 9.88. The maximum Gasteiger partial charge on any atom is 0.259 e. The molecule has 2 aromatic carbocycles. The molecule has 2 saturated carbocycles. The van der Waals surface area contributed by atoms with Gasteiger partial charge < -0.3 is 35.2 Å². The number of methoxy groups -OCH3 is 1. The van der Waals surface area contributed by atoms with E-state index in [1.807, 2.05) is 73.7 Å². The summed E-state index contributed by atoms with van der Waals surface area (Å²) in [5, 5.41) is 7.18. The van der Waals surface area contributed by atoms with E-state index in [-0.39, 0.29) is 50.7 Å². The number of ether oxygens (including phenoxy) is 2. The molecular weight excluding hydrogens is 827 g/mol. The van der Waals surface area contributed by atoms with E-state index >= 15 is 4.79 Å². The average Bonchev–Trinajstić information content (AvgIpc) is 4.19. The van der Waals surface area contributed by atoms with Gasteiger partial charge in [-0.1, -0.05) is 67.4 Å². The smallest absolute Gasteiger partial charge is 0.259 e. The summed E-state index contributed by atoms with van der Waals surface area (Å²) in [4.78, 5) is 71.1. The van der Waals surface area contributed by atoms with E-state index in [0.29, 0.717) is 72.5 Å². The summed E-state index contributed by atoms with van der Waals surface area (Å²) in [6, 6.07) is 15.9. The molecule has 4 amide bonds. The summed E-state index contributed by atoms with van der Waals surface area (Å²) in [7, 11) is -0.889. The Morgan fingerprint density at radius 3 is 2.57 bits per heavy atom. The highest BCUT2D eigenvalue weighted by atomic mass is 32.2. The van der Waals surface area contributed by atoms with Crippen LogP contribution in [-0.2, 0) is 34.0 Å². The third kappa shape index (κ3) is 9.26. The van der Waals surface area contributed by atoms with Gasteiger partial charge in [-0.2, -0.15) is 0 Å². The Hall–Kier alpha value is -5.55. The van der Waals surface area contributed by atoms with E-state index in [1.54, 1.807) is 12.0 Å². The summed E-state index contributed by atoms with van der Waals surface area (Å²) >= 11 is 0. The number of likely N-dealkylation sites (tertiary alicyclic amines) is 1. The third-order valence-corrected chi connectivity index (χ3v) is 15.1. The molecule has 16 nitrogen and oxygen atoms in total. The number of oxime groups is 1. The van der Waals surface area contributed by atoms with Gasteiger partial charge in [0.05, 0.1) is 42.4 Å². The number of nitrogens with two attached hydrogens (primary N) is 1. The van der Waals surface area contributed by atoms with Crippen LogP contribution in [0.15, 0.2) is 71.9 Å². The van der Waals surface area contributed by atoms with Gasteiger partial charge in [-0.3, -0.25) is 23.9 Å². The molecule has 2 saturated heterocycles. The zero-order valence-corrected chi connectivity index (χ0v) is 36.9. The van der Waals surface area contributed by atoms with Crippen LogP contribution < -0.4 is 25.2 Å². The van der Waals surface area contributed by atoms with E-state index in [1.165, 1.54) is 12.0 Å². The van der Waals surface area contributed by atoms with Crippen molar-refractivity contribution in [3.8, 4) is 22.8 Å². The Balaban J connectivity index is 1.12. The summed E-state index contributed by atoms with van der Waals surface area (Å²) in [5.41, 5.74) is 6.83. The number of benzene rings is 2. The average molecular weight is 884 g/mol. The number of hydrogen-bond donors (Lipinski definition) is 3. The highest BCUT2D eigenvalue weighted by Crippen LogP contribution is 2.46. The van der Waals surface area contributed by atoms with Gasteiger partial charge in [0.15, 0.2) is 0 Å². The number of aromatic nitrogens is 1. The maximum absolute atomic E-state index is 15.1. The van der Waals surface area contributed by atoms with E-state index in [0.717, 1.165) is 18.4 Å². The molecule has 2 aliphatic carbocycles. The summed E-state index contributed by atoms with van der Waals surface area (Å²) in [6.07, 6.45) is 7.64. The minimum Gasteiger partial charge on any atom is -0.497 e. The van der Waals surface area contributed by atoms with Gasteiger partial charge in [0.25, 0.3) is 5.91 Å². The number of sulfonamides is 1. The first kappa shape index (κ1) is 44.1. The monoisotopic (exact) mass is 883 g/mol. The van der Waals surface area contributed by atoms with Crippen molar-refractivity contribution in [2.24, 2.45) is 28.1 Å². The molecule has 336 valence electrons. The highest BCUT2D eigenvalue weighted by Gasteiger charge is 2.62. The van der Waals surface area contributed by atoms with Gasteiger partial charge in [-0.15, -0.1) is 0 Å². The van der Waals surface area contributed by atoms with Gasteiger partial charge in [0, 0.05) is 66.3 Å². The van der Waals surface area contributed by atoms with Gasteiger partial charge in [-0.25, -0.2) is 13.4 Å². The van der Waals surface area contributed by atoms with Crippen molar-refractivity contribution in [2.75, 3.05) is 40.4 Å². The van der Waals surface area contributed by atoms with Crippen molar-refractivity contribution in [2.45, 2.75) is 94.1 Å². The number of hydrogen-bond acceptors (Lipinski definition) is 12. The number of amides is 4. The van der Waals surface area contributed by atoms with Gasteiger partial charge in [0.1, 0.15) is 36.3 Å². The quantitative estimate of drug-likeness (QED) is 0.185. The summed E-state index contributed by atoms with van der Waals surface area (Å²) in [5.74, 6) is -2.09. The Labute approximate surface area is 368 Å². The van der Waals surface area contributed by atoms with Gasteiger partial charge >= 0.3 is 0 Å². The van der Waals surface area contributed by atoms with Crippen LogP contribution in [0.1, 0.15) is 71.1 Å². The molecule has 4 N–H and O–H groups in total. The Kier molecular flexibility index (Phi) is 12.5. The van der Waals surface area contributed by atoms with Crippen LogP contribution in [0.25, 0.3) is 22.2 Å². The van der Waals surface area contributed by atoms with Crippen LogP contribution in [-0.4, -0.2) is 116 Å². The van der Waals surface area contributed by atoms with Crippen LogP contribution >= 0.6 is 0 Å². The third-order valence-electron chi connectivity index (χ3n) is 13.3. The fourth-order valence-electron chi connectivity index (χ4n) is 9.20. The van der Waals surface area contributed by atoms with Crippen molar-refractivity contribution in [1.29, 1.82) is 0 Å². The van der Waals surface area contributed by atoms with Crippen molar-refractivity contribution in [1.82, 2.24) is 24.8 Å². The zero-order valence-electron chi connectivity index (χ0n) is 36.1. The topological polar surface area (TPSA) is 212 Å². The van der Waals surface area contributed by atoms with E-state index < -0.39 is 62.0 Å². The van der Waals surface area contributed by atoms with E-state index in [4.69, 9.17) is 25.0 Å². The second kappa shape index (κ2) is 17.9. The molecular formula is C46H57N7O9S. The first-order chi connectivity index (χ1) is 30.3. The molecule has 1 unspecified atom stereocenters. The van der Waals surface area contributed by atoms with Crippen LogP contribution in [0.3, 0.4) is 0 Å². The molecule has 1 aromatic heterocycles. The summed E-state index contributed by atoms with van der Waals surface area (Å²) in [6.45, 7) is 2.74. The van der Waals surface area contributed by atoms with Gasteiger partial charge in [0.2, 0.25) is 27.7 Å². The zero-order chi connectivity index (χ0) is 44.5. The largest absolute Gasteiger partial charge is 0.497 e. The number of pyridine rings is 1. The normalized spacial score (nSPS) is 28.9. The lowest BCUT2D eigenvalue weighted by Crippen LogP contribution is -2.57. The number of nitrogens with zero attached hydrogens (tertiary/aromatic N) is 4. The Bertz CT molecular complexity index is 2430. The molecule has 5 aliphatic rings. The van der Waals surface area contributed by atoms with Crippen molar-refractivity contribution >= 4 is 50.3 Å². The van der Waals surface area contributed by atoms with Crippen molar-refractivity contribution < 1.29 is 41.9 Å². The molecule has 4 fully saturated rings. The number of rotatable bonds is 11. The molecule has 17 heteroatoms. The van der Waals surface area contributed by atoms with Crippen LogP contribution in [0.4, 0.5) is 0 Å². The predicted molar refractivity (Wildman–Crippen MR) is 236 cm³/mol. The predicted octanol–water partition coefficient (Wildman–Crippen LogP) is 4.08. The van der Waals surface area contributed by atoms with E-state index in [2.05, 4.69) is 15.2 Å². The number of fused-ring (bicyclic) bond motifs is 3. The molecule has 8 rings (SSSR count). The number of nitrogens with one attached hydrogen (secondary N) is 2. The Morgan fingerprint density at radius 1 is 1.05 bits per heavy atom. The van der Waals surface area contributed by atoms with Crippen LogP contribution in [0.2, 0.25) is 0 Å². The number of carbonyl (C=O) groups is 4. The lowest BCUT2D eigenvalue weighted by Gasteiger charge is -2.30. The van der Waals surface area contributed by atoms with Crippen LogP contribution in [0, 0.1) is 17.3 Å². The van der Waals surface area contributed by atoms with E-state index in [9.17, 15) is 22.8 Å². The van der Waals surface area contributed by atoms with Crippen molar-refractivity contribution in [3.63, 3.8) is 0 Å². The fourth-order valence-corrected chi connectivity index (χ4v) is 10.6. The van der Waals surface area contributed by atoms with Crippen molar-refractivity contribution in [3.05, 3.63) is 66.7 Å². The van der Waals surface area contributed by atoms with Crippen LogP contribution in [0.5, 0.6) is 11.5 Å². The molecule has 0 bridgehead atoms. The summed E-state index contributed by atoms with van der Waals surface area (Å²) < 4.78 is 40.6. The molecule has 6 atom stereocenters. The maximum atomic E-state index is 15.1. The minimum atomic E-state index is -3.92. The standard InChI is InChI=1S/C46H57N7O9S/c1-45(27-47)28-52(26-40(45)50-61-3)41(54)20-30-14-8-5-4-6-11-15-31-24-46(31,44(57)51-63(58,59)34-17-18-34)49-42(55)38-22-33(25-53(38)43(30)56)62-39-23-36(29-12-9-7-10-13-29)48-37-21-32(60-2)16-19-35(37)39/h7,9-13,15-16,19,21,23,30-31,33-34,38H,4-6,8,14,17-18,20,22,24-28,47H2,1-3H3,(H,49,55)(H,51,57)/b15-11-,50-40+/t30-,31-,33-,38+,45?,46-/m1/s1. The fraction of sp³-hybridized carbons (Fsp3) is 0.522. The Morgan fingerprint density at radius 2 is 1.84 bits per heavy atom. The molecule has 4 heterocycles. The molecule has 3 aliphatic heterocycles. The minimum absolute atomic E-state index is 0.0143. The van der Waals surface area contributed by atoms with Gasteiger partial charge in [-0.05, 0) is 50.7 Å². The molecule has 0 radical (unpaired) electrons. The lowest BCUT2D eigenvalue weighted by molar-refractivity contribution is -0.145. The molecule has 63 heavy (non-hydrogen) atoms.